The van der Waals surface area contributed by atoms with E-state index in [9.17, 15) is 0 Å². The number of azo groups is 4. The van der Waals surface area contributed by atoms with Gasteiger partial charge in [0.2, 0.25) is 0 Å². The zero-order valence-corrected chi connectivity index (χ0v) is 35.2. The summed E-state index contributed by atoms with van der Waals surface area (Å²) in [7, 11) is 0. The Bertz CT molecular complexity index is 2210. The van der Waals surface area contributed by atoms with Crippen LogP contribution >= 0.6 is 11.3 Å². The lowest BCUT2D eigenvalue weighted by atomic mass is 10.1. The van der Waals surface area contributed by atoms with E-state index in [-0.39, 0.29) is 0 Å². The van der Waals surface area contributed by atoms with Gasteiger partial charge in [0.05, 0.1) is 34.1 Å². The van der Waals surface area contributed by atoms with Gasteiger partial charge in [0.15, 0.2) is 0 Å². The molecule has 0 aliphatic carbocycles. The fourth-order valence-corrected chi connectivity index (χ4v) is 5.79. The van der Waals surface area contributed by atoms with Crippen LogP contribution in [0.1, 0.15) is 72.2 Å². The van der Waals surface area contributed by atoms with E-state index in [0.717, 1.165) is 66.4 Å². The first-order chi connectivity index (χ1) is 26.5. The van der Waals surface area contributed by atoms with Gasteiger partial charge < -0.3 is 0 Å². The summed E-state index contributed by atoms with van der Waals surface area (Å²) in [6.07, 6.45) is 0. The van der Waals surface area contributed by atoms with Gasteiger partial charge in [-0.2, -0.15) is 20.5 Å². The predicted octanol–water partition coefficient (Wildman–Crippen LogP) is 17.6. The Morgan fingerprint density at radius 2 is 0.582 bits per heavy atom. The summed E-state index contributed by atoms with van der Waals surface area (Å²) < 4.78 is 0. The van der Waals surface area contributed by atoms with Gasteiger partial charge in [-0.15, -0.1) is 20.5 Å². The molecular weight excluding hydrogens is 697 g/mol. The van der Waals surface area contributed by atoms with Gasteiger partial charge in [0.1, 0.15) is 10.0 Å². The number of thiophene rings is 1. The molecule has 1 aromatic heterocycles. The molecule has 0 amide bonds. The van der Waals surface area contributed by atoms with Crippen LogP contribution in [-0.2, 0) is 0 Å². The number of aryl methyl sites for hydroxylation is 6. The van der Waals surface area contributed by atoms with Gasteiger partial charge >= 0.3 is 0 Å². The molecular formula is C46H54N8S. The lowest BCUT2D eigenvalue weighted by Gasteiger charge is -2.00. The van der Waals surface area contributed by atoms with Crippen molar-refractivity contribution in [2.45, 2.75) is 83.1 Å². The highest BCUT2D eigenvalue weighted by Crippen LogP contribution is 2.42. The van der Waals surface area contributed by atoms with E-state index in [1.807, 2.05) is 146 Å². The van der Waals surface area contributed by atoms with Crippen LogP contribution in [0.3, 0.4) is 0 Å². The maximum Gasteiger partial charge on any atom is 0.144 e. The fraction of sp³-hybridized carbons (Fsp3) is 0.261. The van der Waals surface area contributed by atoms with Crippen molar-refractivity contribution in [3.63, 3.8) is 0 Å². The third-order valence-corrected chi connectivity index (χ3v) is 9.24. The molecule has 0 spiro atoms. The summed E-state index contributed by atoms with van der Waals surface area (Å²) in [5.41, 5.74) is 14.3. The van der Waals surface area contributed by atoms with Gasteiger partial charge in [-0.1, -0.05) is 110 Å². The van der Waals surface area contributed by atoms with Crippen LogP contribution in [-0.4, -0.2) is 0 Å². The van der Waals surface area contributed by atoms with E-state index in [2.05, 4.69) is 86.8 Å². The van der Waals surface area contributed by atoms with E-state index in [4.69, 9.17) is 0 Å². The normalized spacial score (nSPS) is 11.0. The molecule has 0 saturated heterocycles. The Labute approximate surface area is 332 Å². The average molecular weight is 751 g/mol. The molecule has 0 bridgehead atoms. The van der Waals surface area contributed by atoms with Gasteiger partial charge in [0.25, 0.3) is 0 Å². The van der Waals surface area contributed by atoms with Crippen LogP contribution in [0.4, 0.5) is 44.1 Å². The minimum absolute atomic E-state index is 0.783. The van der Waals surface area contributed by atoms with Gasteiger partial charge in [0, 0.05) is 0 Å². The van der Waals surface area contributed by atoms with E-state index >= 15 is 0 Å². The monoisotopic (exact) mass is 750 g/mol. The molecule has 284 valence electrons. The summed E-state index contributed by atoms with van der Waals surface area (Å²) in [6, 6.07) is 35.8. The van der Waals surface area contributed by atoms with Gasteiger partial charge in [-0.25, -0.2) is 0 Å². The van der Waals surface area contributed by atoms with Crippen LogP contribution in [0.5, 0.6) is 0 Å². The number of nitrogens with zero attached hydrogens (tertiary/aromatic N) is 8. The number of benzene rings is 5. The average Bonchev–Trinajstić information content (AvgIpc) is 3.47. The molecule has 8 nitrogen and oxygen atoms in total. The van der Waals surface area contributed by atoms with E-state index in [1.165, 1.54) is 33.6 Å². The Morgan fingerprint density at radius 3 is 0.945 bits per heavy atom. The van der Waals surface area contributed by atoms with Crippen LogP contribution in [0.15, 0.2) is 150 Å². The van der Waals surface area contributed by atoms with Crippen molar-refractivity contribution in [1.29, 1.82) is 0 Å². The molecule has 0 atom stereocenters. The summed E-state index contributed by atoms with van der Waals surface area (Å²) in [5.74, 6) is 0. The van der Waals surface area contributed by atoms with Crippen molar-refractivity contribution in [2.75, 3.05) is 0 Å². The zero-order valence-electron chi connectivity index (χ0n) is 34.4. The van der Waals surface area contributed by atoms with Crippen molar-refractivity contribution in [2.24, 2.45) is 40.9 Å². The molecule has 5 aromatic carbocycles. The highest BCUT2D eigenvalue weighted by molar-refractivity contribution is 7.19. The quantitative estimate of drug-likeness (QED) is 0.138. The van der Waals surface area contributed by atoms with Crippen LogP contribution in [0.25, 0.3) is 0 Å². The van der Waals surface area contributed by atoms with Crippen molar-refractivity contribution >= 4 is 55.5 Å². The number of rotatable bonds is 8. The molecule has 0 fully saturated rings. The highest BCUT2D eigenvalue weighted by atomic mass is 32.1. The van der Waals surface area contributed by atoms with E-state index in [1.54, 1.807) is 0 Å². The third kappa shape index (κ3) is 13.8. The number of hydrogen-bond acceptors (Lipinski definition) is 9. The molecule has 0 saturated carbocycles. The van der Waals surface area contributed by atoms with Crippen LogP contribution < -0.4 is 0 Å². The topological polar surface area (TPSA) is 98.9 Å². The summed E-state index contributed by atoms with van der Waals surface area (Å²) in [5, 5.41) is 36.5. The van der Waals surface area contributed by atoms with E-state index < -0.39 is 0 Å². The Morgan fingerprint density at radius 1 is 0.309 bits per heavy atom. The third-order valence-electron chi connectivity index (χ3n) is 8.08. The van der Waals surface area contributed by atoms with Crippen LogP contribution in [0.2, 0.25) is 0 Å². The minimum Gasteiger partial charge on any atom is -0.151 e. The maximum absolute atomic E-state index is 4.46. The predicted molar refractivity (Wildman–Crippen MR) is 234 cm³/mol. The second-order valence-corrected chi connectivity index (χ2v) is 13.5. The first-order valence-corrected chi connectivity index (χ1v) is 19.5. The van der Waals surface area contributed by atoms with Crippen LogP contribution in [0, 0.1) is 55.4 Å². The standard InChI is InChI=1S/C21H22N4S.C21H20N4.2C2H6/c1-13-6-9-18(10-7-13)22-24-20-16(4)17(5)21(26-20)25-23-19-11-8-14(2)12-15(19)3;1-15-4-7-18(8-5-15)22-23-19-9-11-20(12-10-19)24-25-21-13-6-16(2)14-17(21)3;2*1-2/h6-12H,1-5H3;4-14H,1-3H3;2*1-2H3. The molecule has 0 N–H and O–H groups in total. The fourth-order valence-electron chi connectivity index (χ4n) is 4.83. The lowest BCUT2D eigenvalue weighted by molar-refractivity contribution is 1.19. The Hall–Kier alpha value is -5.80. The molecule has 0 unspecified atom stereocenters. The van der Waals surface area contributed by atoms with Gasteiger partial charge in [-0.3, -0.25) is 0 Å². The Balaban J connectivity index is 0.000000271. The Kier molecular flexibility index (Phi) is 17.8. The maximum atomic E-state index is 4.46. The molecule has 55 heavy (non-hydrogen) atoms. The highest BCUT2D eigenvalue weighted by Gasteiger charge is 2.11. The van der Waals surface area contributed by atoms with Crippen molar-refractivity contribution in [3.8, 4) is 0 Å². The van der Waals surface area contributed by atoms with Crippen molar-refractivity contribution in [3.05, 3.63) is 154 Å². The van der Waals surface area contributed by atoms with Crippen molar-refractivity contribution < 1.29 is 0 Å². The summed E-state index contributed by atoms with van der Waals surface area (Å²) in [6.45, 7) is 24.4. The lowest BCUT2D eigenvalue weighted by Crippen LogP contribution is -1.76. The molecule has 1 heterocycles. The molecule has 9 heteroatoms. The first-order valence-electron chi connectivity index (χ1n) is 18.7. The summed E-state index contributed by atoms with van der Waals surface area (Å²) in [4.78, 5) is 0. The second kappa shape index (κ2) is 22.4. The molecule has 6 rings (SSSR count). The molecule has 0 radical (unpaired) electrons. The molecule has 6 aromatic rings. The summed E-state index contributed by atoms with van der Waals surface area (Å²) >= 11 is 1.52. The first kappa shape index (κ1) is 43.6. The second-order valence-electron chi connectivity index (χ2n) is 12.5. The molecule has 0 aliphatic rings. The van der Waals surface area contributed by atoms with Crippen molar-refractivity contribution in [1.82, 2.24) is 0 Å². The molecule has 0 aliphatic heterocycles. The van der Waals surface area contributed by atoms with E-state index in [0.29, 0.717) is 0 Å². The van der Waals surface area contributed by atoms with Gasteiger partial charge in [-0.05, 0) is 138 Å². The minimum atomic E-state index is 0.783. The zero-order chi connectivity index (χ0) is 40.3. The smallest absolute Gasteiger partial charge is 0.144 e. The largest absolute Gasteiger partial charge is 0.151 e. The SMILES string of the molecule is CC.CC.Cc1ccc(N=Nc2ccc(N=Nc3ccc(C)cc3C)cc2)cc1.Cc1ccc(N=Nc2sc(N=Nc3ccc(C)cc3C)c(C)c2C)cc1. The number of hydrogen-bond donors (Lipinski definition) is 0.